The van der Waals surface area contributed by atoms with E-state index < -0.39 is 0 Å². The highest BCUT2D eigenvalue weighted by Crippen LogP contribution is 2.07. The summed E-state index contributed by atoms with van der Waals surface area (Å²) in [6.07, 6.45) is 11.5. The van der Waals surface area contributed by atoms with Crippen molar-refractivity contribution in [3.63, 3.8) is 0 Å². The highest BCUT2D eigenvalue weighted by atomic mass is 16.1. The molecule has 1 rings (SSSR count). The summed E-state index contributed by atoms with van der Waals surface area (Å²) in [6, 6.07) is 0. The van der Waals surface area contributed by atoms with Crippen LogP contribution in [0.25, 0.3) is 0 Å². The second kappa shape index (κ2) is 22.4. The third-order valence-corrected chi connectivity index (χ3v) is 1.16. The summed E-state index contributed by atoms with van der Waals surface area (Å²) in [5.74, 6) is 0. The molecule has 0 fully saturated rings. The summed E-state index contributed by atoms with van der Waals surface area (Å²) in [4.78, 5) is 16.7. The quantitative estimate of drug-likeness (QED) is 0.344. The molecule has 0 unspecified atom stereocenters. The minimum absolute atomic E-state index is 0. The zero-order valence-corrected chi connectivity index (χ0v) is 6.80. The monoisotopic (exact) mass is 184 g/mol. The van der Waals surface area contributed by atoms with Crippen molar-refractivity contribution in [2.45, 2.75) is 33.1 Å². The minimum atomic E-state index is 0. The minimum Gasteiger partial charge on any atom is -0.222 e. The molecule has 0 saturated heterocycles. The molecule has 4 heteroatoms. The Bertz CT molecular complexity index is 156. The van der Waals surface area contributed by atoms with Gasteiger partial charge in [-0.15, -0.1) is 0 Å². The van der Waals surface area contributed by atoms with Crippen molar-refractivity contribution in [3.05, 3.63) is 12.2 Å². The molecular weight excluding hydrogens is 168 g/mol. The number of hydrogen-bond donors (Lipinski definition) is 2. The van der Waals surface area contributed by atoms with Gasteiger partial charge in [-0.1, -0.05) is 19.6 Å². The van der Waals surface area contributed by atoms with Crippen molar-refractivity contribution in [1.82, 2.24) is 0 Å². The molecule has 13 heavy (non-hydrogen) atoms. The SMILES string of the molecule is C.C1=CCCCC1.N=C=O.N=C=O. The van der Waals surface area contributed by atoms with Crippen LogP contribution >= 0.6 is 0 Å². The Morgan fingerprint density at radius 2 is 1.15 bits per heavy atom. The van der Waals surface area contributed by atoms with E-state index >= 15 is 0 Å². The lowest BCUT2D eigenvalue weighted by atomic mass is 10.1. The van der Waals surface area contributed by atoms with Gasteiger partial charge in [0.1, 0.15) is 0 Å². The number of nitrogens with one attached hydrogen (secondary N) is 2. The first-order chi connectivity index (χ1) is 5.83. The maximum atomic E-state index is 8.35. The summed E-state index contributed by atoms with van der Waals surface area (Å²) in [6.45, 7) is 0. The second-order valence-electron chi connectivity index (χ2n) is 1.96. The smallest absolute Gasteiger partial charge is 0.222 e. The van der Waals surface area contributed by atoms with Gasteiger partial charge >= 0.3 is 0 Å². The van der Waals surface area contributed by atoms with Crippen molar-refractivity contribution in [1.29, 1.82) is 10.8 Å². The Hall–Kier alpha value is -1.50. The van der Waals surface area contributed by atoms with Crippen LogP contribution in [0.15, 0.2) is 12.2 Å². The highest BCUT2D eigenvalue weighted by Gasteiger charge is 1.87. The summed E-state index contributed by atoms with van der Waals surface area (Å²) in [5.41, 5.74) is 0. The number of rotatable bonds is 0. The molecule has 0 radical (unpaired) electrons. The predicted octanol–water partition coefficient (Wildman–Crippen LogP) is 2.55. The molecule has 0 spiro atoms. The fourth-order valence-electron chi connectivity index (χ4n) is 0.760. The van der Waals surface area contributed by atoms with E-state index in [1.54, 1.807) is 0 Å². The van der Waals surface area contributed by atoms with Crippen molar-refractivity contribution in [3.8, 4) is 0 Å². The summed E-state index contributed by atoms with van der Waals surface area (Å²) in [5, 5.41) is 10.8. The van der Waals surface area contributed by atoms with Crippen LogP contribution in [0.3, 0.4) is 0 Å². The predicted molar refractivity (Wildman–Crippen MR) is 51.2 cm³/mol. The van der Waals surface area contributed by atoms with Crippen LogP contribution < -0.4 is 0 Å². The van der Waals surface area contributed by atoms with Gasteiger partial charge in [0.2, 0.25) is 12.2 Å². The molecule has 0 aliphatic heterocycles. The van der Waals surface area contributed by atoms with Gasteiger partial charge in [-0.3, -0.25) is 0 Å². The summed E-state index contributed by atoms with van der Waals surface area (Å²) >= 11 is 0. The Morgan fingerprint density at radius 3 is 1.23 bits per heavy atom. The fraction of sp³-hybridized carbons (Fsp3) is 0.556. The van der Waals surface area contributed by atoms with Crippen LogP contribution in [-0.4, -0.2) is 12.2 Å². The molecule has 1 aliphatic rings. The zero-order chi connectivity index (χ0) is 9.66. The van der Waals surface area contributed by atoms with Gasteiger partial charge in [0.15, 0.2) is 0 Å². The number of hydrogen-bond acceptors (Lipinski definition) is 4. The molecule has 0 aromatic heterocycles. The number of allylic oxidation sites excluding steroid dienone is 2. The summed E-state index contributed by atoms with van der Waals surface area (Å²) < 4.78 is 0. The Balaban J connectivity index is -0.000000126. The second-order valence-corrected chi connectivity index (χ2v) is 1.96. The number of carbonyl (C=O) groups excluding carboxylic acids is 2. The van der Waals surface area contributed by atoms with Crippen molar-refractivity contribution in [2.24, 2.45) is 0 Å². The van der Waals surface area contributed by atoms with E-state index in [1.165, 1.54) is 25.7 Å². The fourth-order valence-corrected chi connectivity index (χ4v) is 0.760. The van der Waals surface area contributed by atoms with E-state index in [4.69, 9.17) is 20.4 Å². The van der Waals surface area contributed by atoms with E-state index in [0.717, 1.165) is 12.2 Å². The lowest BCUT2D eigenvalue weighted by Gasteiger charge is -1.97. The molecule has 0 saturated carbocycles. The molecular formula is C9H16N2O2. The topological polar surface area (TPSA) is 81.8 Å². The normalized spacial score (nSPS) is 11.1. The molecule has 2 N–H and O–H groups in total. The maximum absolute atomic E-state index is 8.35. The first kappa shape index (κ1) is 17.5. The molecule has 4 nitrogen and oxygen atoms in total. The first-order valence-electron chi connectivity index (χ1n) is 3.56. The lowest BCUT2D eigenvalue weighted by Crippen LogP contribution is -1.77. The average Bonchev–Trinajstić information content (AvgIpc) is 2.10. The highest BCUT2D eigenvalue weighted by molar-refractivity contribution is 5.26. The van der Waals surface area contributed by atoms with Gasteiger partial charge in [0, 0.05) is 0 Å². The summed E-state index contributed by atoms with van der Waals surface area (Å²) in [7, 11) is 0. The van der Waals surface area contributed by atoms with Crippen LogP contribution in [0.1, 0.15) is 33.1 Å². The lowest BCUT2D eigenvalue weighted by molar-refractivity contribution is 0.562. The largest absolute Gasteiger partial charge is 0.231 e. The first-order valence-corrected chi connectivity index (χ1v) is 3.56. The molecule has 0 aromatic rings. The van der Waals surface area contributed by atoms with E-state index in [2.05, 4.69) is 12.2 Å². The molecule has 0 bridgehead atoms. The Kier molecular flexibility index (Phi) is 30.3. The van der Waals surface area contributed by atoms with Crippen LogP contribution in [0.4, 0.5) is 0 Å². The van der Waals surface area contributed by atoms with E-state index in [1.807, 2.05) is 0 Å². The van der Waals surface area contributed by atoms with E-state index in [0.29, 0.717) is 0 Å². The van der Waals surface area contributed by atoms with Gasteiger partial charge in [-0.2, -0.15) is 0 Å². The molecule has 0 atom stereocenters. The molecule has 1 aliphatic carbocycles. The zero-order valence-electron chi connectivity index (χ0n) is 6.80. The van der Waals surface area contributed by atoms with Crippen LogP contribution in [0, 0.1) is 10.8 Å². The third-order valence-electron chi connectivity index (χ3n) is 1.16. The van der Waals surface area contributed by atoms with Crippen LogP contribution in [-0.2, 0) is 9.59 Å². The average molecular weight is 184 g/mol. The molecule has 0 aromatic carbocycles. The van der Waals surface area contributed by atoms with Gasteiger partial charge in [-0.05, 0) is 25.7 Å². The Labute approximate surface area is 78.7 Å². The van der Waals surface area contributed by atoms with Gasteiger partial charge < -0.3 is 0 Å². The molecule has 74 valence electrons. The maximum Gasteiger partial charge on any atom is 0.231 e. The van der Waals surface area contributed by atoms with Gasteiger partial charge in [0.05, 0.1) is 0 Å². The Morgan fingerprint density at radius 1 is 0.923 bits per heavy atom. The van der Waals surface area contributed by atoms with E-state index in [9.17, 15) is 0 Å². The van der Waals surface area contributed by atoms with Gasteiger partial charge in [-0.25, -0.2) is 20.4 Å². The third kappa shape index (κ3) is 37.5. The molecule has 0 amide bonds. The van der Waals surface area contributed by atoms with Gasteiger partial charge in [0.25, 0.3) is 0 Å². The van der Waals surface area contributed by atoms with Crippen molar-refractivity contribution >= 4 is 12.2 Å². The van der Waals surface area contributed by atoms with Crippen molar-refractivity contribution < 1.29 is 9.59 Å². The number of isocyanates is 2. The van der Waals surface area contributed by atoms with Crippen molar-refractivity contribution in [2.75, 3.05) is 0 Å². The standard InChI is InChI=1S/C6H10.2CHNO.CH4/c1-2-4-6-5-3-1;2*2-1-3;/h1-2H,3-6H2;2*2H;1H4. The molecule has 0 heterocycles. The van der Waals surface area contributed by atoms with Crippen LogP contribution in [0.5, 0.6) is 0 Å². The van der Waals surface area contributed by atoms with Crippen LogP contribution in [0.2, 0.25) is 0 Å². The van der Waals surface area contributed by atoms with E-state index in [-0.39, 0.29) is 7.43 Å².